The summed E-state index contributed by atoms with van der Waals surface area (Å²) in [5.41, 5.74) is 0.669. The Kier molecular flexibility index (Phi) is 3.62. The summed E-state index contributed by atoms with van der Waals surface area (Å²) in [7, 11) is 1.84. The second-order valence-corrected chi connectivity index (χ2v) is 4.42. The van der Waals surface area contributed by atoms with Gasteiger partial charge < -0.3 is 14.4 Å². The number of aryl methyl sites for hydroxylation is 1. The van der Waals surface area contributed by atoms with E-state index in [-0.39, 0.29) is 6.10 Å². The molecule has 2 rings (SSSR count). The molecule has 1 N–H and O–H groups in total. The first-order valence-electron chi connectivity index (χ1n) is 5.85. The largest absolute Gasteiger partial charge is 0.489 e. The molecule has 0 bridgehead atoms. The van der Waals surface area contributed by atoms with Crippen molar-refractivity contribution in [1.29, 1.82) is 0 Å². The molecular formula is C13H17N3O2. The highest BCUT2D eigenvalue weighted by Crippen LogP contribution is 2.23. The van der Waals surface area contributed by atoms with Crippen LogP contribution < -0.4 is 4.74 Å². The molecule has 0 saturated heterocycles. The molecule has 1 unspecified atom stereocenters. The van der Waals surface area contributed by atoms with E-state index >= 15 is 0 Å². The molecule has 0 fully saturated rings. The third-order valence-corrected chi connectivity index (χ3v) is 2.52. The lowest BCUT2D eigenvalue weighted by Gasteiger charge is -2.13. The number of nitrogens with zero attached hydrogens (tertiary/aromatic N) is 3. The summed E-state index contributed by atoms with van der Waals surface area (Å²) in [6.07, 6.45) is 5.97. The van der Waals surface area contributed by atoms with Gasteiger partial charge in [-0.25, -0.2) is 4.98 Å². The molecule has 1 atom stereocenters. The van der Waals surface area contributed by atoms with E-state index in [0.29, 0.717) is 17.1 Å². The number of pyridine rings is 1. The zero-order valence-electron chi connectivity index (χ0n) is 10.7. The zero-order valence-corrected chi connectivity index (χ0v) is 10.7. The van der Waals surface area contributed by atoms with Gasteiger partial charge in [-0.1, -0.05) is 0 Å². The molecule has 0 aliphatic heterocycles. The van der Waals surface area contributed by atoms with Crippen LogP contribution in [-0.2, 0) is 7.05 Å². The van der Waals surface area contributed by atoms with E-state index in [1.54, 1.807) is 35.4 Å². The van der Waals surface area contributed by atoms with Crippen LogP contribution in [0.5, 0.6) is 5.75 Å². The monoisotopic (exact) mass is 247 g/mol. The Labute approximate surface area is 106 Å². The van der Waals surface area contributed by atoms with Gasteiger partial charge >= 0.3 is 0 Å². The molecule has 0 saturated carbocycles. The first-order chi connectivity index (χ1) is 8.58. The number of hydrogen-bond acceptors (Lipinski definition) is 4. The summed E-state index contributed by atoms with van der Waals surface area (Å²) < 4.78 is 7.33. The van der Waals surface area contributed by atoms with Crippen molar-refractivity contribution in [2.45, 2.75) is 26.1 Å². The smallest absolute Gasteiger partial charge is 0.142 e. The predicted octanol–water partition coefficient (Wildman–Crippen LogP) is 1.68. The van der Waals surface area contributed by atoms with E-state index < -0.39 is 6.10 Å². The number of aromatic nitrogens is 3. The van der Waals surface area contributed by atoms with E-state index in [0.717, 1.165) is 0 Å². The average molecular weight is 247 g/mol. The fourth-order valence-electron chi connectivity index (χ4n) is 1.71. The molecule has 5 heteroatoms. The van der Waals surface area contributed by atoms with Gasteiger partial charge in [0.25, 0.3) is 0 Å². The summed E-state index contributed by atoms with van der Waals surface area (Å²) in [5, 5.41) is 10.2. The molecule has 0 radical (unpaired) electrons. The topological polar surface area (TPSA) is 60.2 Å². The Balaban J connectivity index is 2.25. The molecule has 0 amide bonds. The highest BCUT2D eigenvalue weighted by Gasteiger charge is 2.16. The van der Waals surface area contributed by atoms with Gasteiger partial charge in [-0.15, -0.1) is 0 Å². The second kappa shape index (κ2) is 5.18. The molecule has 2 aromatic rings. The minimum absolute atomic E-state index is 0.0763. The Morgan fingerprint density at radius 2 is 2.11 bits per heavy atom. The van der Waals surface area contributed by atoms with Crippen LogP contribution in [0.3, 0.4) is 0 Å². The van der Waals surface area contributed by atoms with Gasteiger partial charge in [0.2, 0.25) is 0 Å². The summed E-state index contributed by atoms with van der Waals surface area (Å²) in [4.78, 5) is 8.20. The maximum absolute atomic E-state index is 10.2. The lowest BCUT2D eigenvalue weighted by atomic mass is 10.1. The summed E-state index contributed by atoms with van der Waals surface area (Å²) >= 11 is 0. The molecule has 0 aliphatic carbocycles. The van der Waals surface area contributed by atoms with Gasteiger partial charge in [0, 0.05) is 31.2 Å². The molecule has 2 heterocycles. The number of ether oxygens (including phenoxy) is 1. The average Bonchev–Trinajstić information content (AvgIpc) is 2.74. The molecule has 18 heavy (non-hydrogen) atoms. The number of rotatable bonds is 4. The number of imidazole rings is 1. The minimum atomic E-state index is -0.798. The van der Waals surface area contributed by atoms with E-state index in [9.17, 15) is 5.11 Å². The lowest BCUT2D eigenvalue weighted by molar-refractivity contribution is 0.203. The SMILES string of the molecule is CC(C)Oc1cncc(C(O)c2nccn2C)c1. The normalized spacial score (nSPS) is 12.7. The van der Waals surface area contributed by atoms with Gasteiger partial charge in [-0.05, 0) is 19.9 Å². The van der Waals surface area contributed by atoms with Gasteiger partial charge in [-0.3, -0.25) is 4.98 Å². The van der Waals surface area contributed by atoms with Crippen LogP contribution in [0.15, 0.2) is 30.9 Å². The van der Waals surface area contributed by atoms with Crippen LogP contribution in [0, 0.1) is 0 Å². The van der Waals surface area contributed by atoms with Crippen LogP contribution in [0.2, 0.25) is 0 Å². The van der Waals surface area contributed by atoms with Crippen molar-refractivity contribution in [2.75, 3.05) is 0 Å². The van der Waals surface area contributed by atoms with E-state index in [4.69, 9.17) is 4.74 Å². The van der Waals surface area contributed by atoms with Gasteiger partial charge in [0.05, 0.1) is 12.3 Å². The van der Waals surface area contributed by atoms with Crippen molar-refractivity contribution >= 4 is 0 Å². The summed E-state index contributed by atoms with van der Waals surface area (Å²) in [6, 6.07) is 1.78. The molecule has 96 valence electrons. The Hall–Kier alpha value is -1.88. The minimum Gasteiger partial charge on any atom is -0.489 e. The van der Waals surface area contributed by atoms with E-state index in [1.807, 2.05) is 20.9 Å². The molecular weight excluding hydrogens is 230 g/mol. The number of aliphatic hydroxyl groups is 1. The van der Waals surface area contributed by atoms with Gasteiger partial charge in [0.1, 0.15) is 17.7 Å². The highest BCUT2D eigenvalue weighted by atomic mass is 16.5. The Morgan fingerprint density at radius 1 is 1.33 bits per heavy atom. The summed E-state index contributed by atoms with van der Waals surface area (Å²) in [5.74, 6) is 1.23. The number of aliphatic hydroxyl groups excluding tert-OH is 1. The van der Waals surface area contributed by atoms with Crippen molar-refractivity contribution in [3.8, 4) is 5.75 Å². The highest BCUT2D eigenvalue weighted by molar-refractivity contribution is 5.28. The quantitative estimate of drug-likeness (QED) is 0.893. The molecule has 0 aliphatic rings. The molecule has 0 aromatic carbocycles. The summed E-state index contributed by atoms with van der Waals surface area (Å²) in [6.45, 7) is 3.89. The fourth-order valence-corrected chi connectivity index (χ4v) is 1.71. The van der Waals surface area contributed by atoms with Crippen molar-refractivity contribution in [2.24, 2.45) is 7.05 Å². The first-order valence-corrected chi connectivity index (χ1v) is 5.85. The first kappa shape index (κ1) is 12.6. The maximum atomic E-state index is 10.2. The predicted molar refractivity (Wildman–Crippen MR) is 67.3 cm³/mol. The van der Waals surface area contributed by atoms with Gasteiger partial charge in [0.15, 0.2) is 0 Å². The third kappa shape index (κ3) is 2.68. The van der Waals surface area contributed by atoms with Crippen LogP contribution in [-0.4, -0.2) is 25.7 Å². The molecule has 2 aromatic heterocycles. The van der Waals surface area contributed by atoms with Crippen molar-refractivity contribution in [3.63, 3.8) is 0 Å². The van der Waals surface area contributed by atoms with Crippen molar-refractivity contribution in [3.05, 3.63) is 42.2 Å². The van der Waals surface area contributed by atoms with Crippen LogP contribution >= 0.6 is 0 Å². The van der Waals surface area contributed by atoms with Crippen molar-refractivity contribution in [1.82, 2.24) is 14.5 Å². The lowest BCUT2D eigenvalue weighted by Crippen LogP contribution is -2.09. The second-order valence-electron chi connectivity index (χ2n) is 4.42. The van der Waals surface area contributed by atoms with Crippen LogP contribution in [0.1, 0.15) is 31.3 Å². The van der Waals surface area contributed by atoms with Gasteiger partial charge in [-0.2, -0.15) is 0 Å². The number of hydrogen-bond donors (Lipinski definition) is 1. The van der Waals surface area contributed by atoms with E-state index in [1.165, 1.54) is 0 Å². The Bertz CT molecular complexity index is 522. The Morgan fingerprint density at radius 3 is 2.72 bits per heavy atom. The standard InChI is InChI=1S/C13H17N3O2/c1-9(2)18-11-6-10(7-14-8-11)12(17)13-15-4-5-16(13)3/h4-9,12,17H,1-3H3. The molecule has 0 spiro atoms. The molecule has 5 nitrogen and oxygen atoms in total. The van der Waals surface area contributed by atoms with E-state index in [2.05, 4.69) is 9.97 Å². The van der Waals surface area contributed by atoms with Crippen LogP contribution in [0.25, 0.3) is 0 Å². The zero-order chi connectivity index (χ0) is 13.1. The maximum Gasteiger partial charge on any atom is 0.142 e. The van der Waals surface area contributed by atoms with Crippen LogP contribution in [0.4, 0.5) is 0 Å². The fraction of sp³-hybridized carbons (Fsp3) is 0.385. The third-order valence-electron chi connectivity index (χ3n) is 2.52. The van der Waals surface area contributed by atoms with Crippen molar-refractivity contribution < 1.29 is 9.84 Å².